The van der Waals surface area contributed by atoms with Crippen LogP contribution in [0.25, 0.3) is 0 Å². The number of aromatic nitrogens is 1. The lowest BCUT2D eigenvalue weighted by Gasteiger charge is -2.14. The monoisotopic (exact) mass is 276 g/mol. The maximum absolute atomic E-state index is 12.0. The molecule has 5 heteroatoms. The number of nitrogens with one attached hydrogen (secondary N) is 1. The number of hydrogen-bond donors (Lipinski definition) is 1. The Kier molecular flexibility index (Phi) is 3.17. The number of rotatable bonds is 2. The van der Waals surface area contributed by atoms with Crippen LogP contribution >= 0.6 is 11.6 Å². The van der Waals surface area contributed by atoms with E-state index in [-0.39, 0.29) is 12.7 Å². The van der Waals surface area contributed by atoms with Crippen LogP contribution in [0.4, 0.5) is 4.79 Å². The number of amides is 1. The predicted molar refractivity (Wildman–Crippen MR) is 71.7 cm³/mol. The molecule has 0 bridgehead atoms. The molecule has 0 unspecified atom stereocenters. The van der Waals surface area contributed by atoms with Crippen LogP contribution in [0.15, 0.2) is 36.5 Å². The first kappa shape index (κ1) is 12.1. The van der Waals surface area contributed by atoms with E-state index < -0.39 is 0 Å². The zero-order valence-electron chi connectivity index (χ0n) is 10.2. The van der Waals surface area contributed by atoms with Gasteiger partial charge in [0.25, 0.3) is 0 Å². The van der Waals surface area contributed by atoms with Crippen molar-refractivity contribution in [1.29, 1.82) is 0 Å². The highest BCUT2D eigenvalue weighted by atomic mass is 35.5. The maximum Gasteiger partial charge on any atom is 0.410 e. The molecule has 3 rings (SSSR count). The van der Waals surface area contributed by atoms with Crippen LogP contribution in [0.1, 0.15) is 16.8 Å². The first-order chi connectivity index (χ1) is 9.22. The molecule has 0 fully saturated rings. The lowest BCUT2D eigenvalue weighted by atomic mass is 10.1. The van der Waals surface area contributed by atoms with E-state index in [1.165, 1.54) is 0 Å². The Bertz CT molecular complexity index is 595. The zero-order chi connectivity index (χ0) is 13.2. The van der Waals surface area contributed by atoms with Gasteiger partial charge in [0.2, 0.25) is 0 Å². The molecule has 1 amide bonds. The molecule has 0 spiro atoms. The highest BCUT2D eigenvalue weighted by molar-refractivity contribution is 6.30. The Labute approximate surface area is 115 Å². The van der Waals surface area contributed by atoms with Crippen molar-refractivity contribution in [3.63, 3.8) is 0 Å². The number of hydrogen-bond acceptors (Lipinski definition) is 2. The topological polar surface area (TPSA) is 45.3 Å². The van der Waals surface area contributed by atoms with Crippen molar-refractivity contribution in [2.45, 2.75) is 19.7 Å². The van der Waals surface area contributed by atoms with Gasteiger partial charge in [0, 0.05) is 24.3 Å². The fourth-order valence-corrected chi connectivity index (χ4v) is 2.37. The smallest absolute Gasteiger partial charge is 0.410 e. The number of aromatic amines is 1. The van der Waals surface area contributed by atoms with E-state index in [0.29, 0.717) is 18.1 Å². The molecule has 0 saturated carbocycles. The molecule has 0 aliphatic carbocycles. The van der Waals surface area contributed by atoms with Crippen LogP contribution in [0.2, 0.25) is 5.02 Å². The maximum atomic E-state index is 12.0. The normalized spacial score (nSPS) is 13.4. The summed E-state index contributed by atoms with van der Waals surface area (Å²) >= 11 is 5.94. The van der Waals surface area contributed by atoms with Gasteiger partial charge in [-0.2, -0.15) is 0 Å². The molecule has 1 aromatic heterocycles. The van der Waals surface area contributed by atoms with Crippen LogP contribution in [0.3, 0.4) is 0 Å². The van der Waals surface area contributed by atoms with Gasteiger partial charge < -0.3 is 9.72 Å². The Hall–Kier alpha value is -1.94. The van der Waals surface area contributed by atoms with E-state index >= 15 is 0 Å². The third-order valence-corrected chi connectivity index (χ3v) is 3.40. The summed E-state index contributed by atoms with van der Waals surface area (Å²) in [4.78, 5) is 16.6. The minimum Gasteiger partial charge on any atom is -0.443 e. The number of H-pyrrole nitrogens is 1. The van der Waals surface area contributed by atoms with Gasteiger partial charge in [-0.15, -0.1) is 0 Å². The highest BCUT2D eigenvalue weighted by Gasteiger charge is 2.24. The third kappa shape index (κ3) is 2.58. The molecule has 19 heavy (non-hydrogen) atoms. The summed E-state index contributed by atoms with van der Waals surface area (Å²) in [6.45, 7) is 1.40. The Morgan fingerprint density at radius 1 is 1.32 bits per heavy atom. The molecule has 2 aromatic rings. The number of carbonyl (C=O) groups excluding carboxylic acids is 1. The Morgan fingerprint density at radius 2 is 2.16 bits per heavy atom. The van der Waals surface area contributed by atoms with Crippen molar-refractivity contribution in [1.82, 2.24) is 9.88 Å². The summed E-state index contributed by atoms with van der Waals surface area (Å²) < 4.78 is 5.25. The van der Waals surface area contributed by atoms with Crippen LogP contribution < -0.4 is 0 Å². The lowest BCUT2D eigenvalue weighted by molar-refractivity contribution is 0.0945. The average molecular weight is 277 g/mol. The second-order valence-corrected chi connectivity index (χ2v) is 4.96. The highest BCUT2D eigenvalue weighted by Crippen LogP contribution is 2.26. The van der Waals surface area contributed by atoms with E-state index in [9.17, 15) is 4.79 Å². The van der Waals surface area contributed by atoms with Crippen molar-refractivity contribution in [2.24, 2.45) is 0 Å². The van der Waals surface area contributed by atoms with Gasteiger partial charge in [0.1, 0.15) is 6.61 Å². The van der Waals surface area contributed by atoms with E-state index in [2.05, 4.69) is 4.98 Å². The molecule has 2 heterocycles. The van der Waals surface area contributed by atoms with Crippen molar-refractivity contribution >= 4 is 17.7 Å². The summed E-state index contributed by atoms with van der Waals surface area (Å²) in [6, 6.07) is 9.45. The van der Waals surface area contributed by atoms with Crippen molar-refractivity contribution in [3.05, 3.63) is 58.4 Å². The van der Waals surface area contributed by atoms with E-state index in [1.54, 1.807) is 11.1 Å². The molecule has 1 aromatic carbocycles. The first-order valence-electron chi connectivity index (χ1n) is 6.03. The van der Waals surface area contributed by atoms with Crippen LogP contribution in [-0.2, 0) is 24.4 Å². The largest absolute Gasteiger partial charge is 0.443 e. The van der Waals surface area contributed by atoms with E-state index in [0.717, 1.165) is 16.8 Å². The van der Waals surface area contributed by atoms with Crippen LogP contribution in [-0.4, -0.2) is 16.0 Å². The molecule has 4 nitrogen and oxygen atoms in total. The fraction of sp³-hybridized carbons (Fsp3) is 0.214. The fourth-order valence-electron chi connectivity index (χ4n) is 2.18. The molecule has 98 valence electrons. The number of halogens is 1. The zero-order valence-corrected chi connectivity index (χ0v) is 11.0. The summed E-state index contributed by atoms with van der Waals surface area (Å²) in [5, 5.41) is 0.695. The molecule has 1 aliphatic heterocycles. The second-order valence-electron chi connectivity index (χ2n) is 4.52. The third-order valence-electron chi connectivity index (χ3n) is 3.16. The van der Waals surface area contributed by atoms with Crippen LogP contribution in [0.5, 0.6) is 0 Å². The minimum absolute atomic E-state index is 0.263. The Balaban J connectivity index is 1.61. The number of nitrogens with zero attached hydrogens (tertiary/aromatic N) is 1. The van der Waals surface area contributed by atoms with Crippen molar-refractivity contribution in [3.8, 4) is 0 Å². The molecule has 0 radical (unpaired) electrons. The summed E-state index contributed by atoms with van der Waals surface area (Å²) in [5.74, 6) is 0. The van der Waals surface area contributed by atoms with Gasteiger partial charge >= 0.3 is 6.09 Å². The van der Waals surface area contributed by atoms with Crippen molar-refractivity contribution in [2.75, 3.05) is 0 Å². The molecular weight excluding hydrogens is 264 g/mol. The number of ether oxygens (including phenoxy) is 1. The molecule has 1 aliphatic rings. The minimum atomic E-state index is -0.304. The lowest BCUT2D eigenvalue weighted by Crippen LogP contribution is -2.26. The van der Waals surface area contributed by atoms with Gasteiger partial charge in [0.15, 0.2) is 0 Å². The molecule has 0 atom stereocenters. The quantitative estimate of drug-likeness (QED) is 0.914. The SMILES string of the molecule is O=C(OCc1ccc[nH]1)N1Cc2ccc(Cl)cc2C1. The summed E-state index contributed by atoms with van der Waals surface area (Å²) in [6.07, 6.45) is 1.50. The van der Waals surface area contributed by atoms with Crippen LogP contribution in [0, 0.1) is 0 Å². The van der Waals surface area contributed by atoms with Gasteiger partial charge in [-0.1, -0.05) is 17.7 Å². The second kappa shape index (κ2) is 4.97. The standard InChI is InChI=1S/C14H13ClN2O2/c15-12-4-3-10-7-17(8-11(10)6-12)14(18)19-9-13-2-1-5-16-13/h1-6,16H,7-9H2. The average Bonchev–Trinajstić information content (AvgIpc) is 3.04. The van der Waals surface area contributed by atoms with Gasteiger partial charge in [-0.25, -0.2) is 4.79 Å². The summed E-state index contributed by atoms with van der Waals surface area (Å²) in [5.41, 5.74) is 3.10. The van der Waals surface area contributed by atoms with Gasteiger partial charge in [0.05, 0.1) is 5.69 Å². The van der Waals surface area contributed by atoms with Gasteiger partial charge in [-0.3, -0.25) is 4.90 Å². The predicted octanol–water partition coefficient (Wildman–Crippen LogP) is 3.32. The molecule has 1 N–H and O–H groups in total. The Morgan fingerprint density at radius 3 is 2.95 bits per heavy atom. The van der Waals surface area contributed by atoms with E-state index in [1.807, 2.05) is 30.3 Å². The molecular formula is C14H13ClN2O2. The number of carbonyl (C=O) groups is 1. The molecule has 0 saturated heterocycles. The van der Waals surface area contributed by atoms with E-state index in [4.69, 9.17) is 16.3 Å². The first-order valence-corrected chi connectivity index (χ1v) is 6.41. The number of benzene rings is 1. The van der Waals surface area contributed by atoms with Crippen molar-refractivity contribution < 1.29 is 9.53 Å². The summed E-state index contributed by atoms with van der Waals surface area (Å²) in [7, 11) is 0. The number of fused-ring (bicyclic) bond motifs is 1. The van der Waals surface area contributed by atoms with Gasteiger partial charge in [-0.05, 0) is 35.4 Å².